The summed E-state index contributed by atoms with van der Waals surface area (Å²) >= 11 is 7.42. The lowest BCUT2D eigenvalue weighted by atomic mass is 10.1. The molecule has 1 aromatic carbocycles. The van der Waals surface area contributed by atoms with Gasteiger partial charge in [0.2, 0.25) is 0 Å². The number of nitrogens with two attached hydrogens (primary N) is 1. The van der Waals surface area contributed by atoms with Crippen LogP contribution in [0.5, 0.6) is 5.75 Å². The van der Waals surface area contributed by atoms with E-state index >= 15 is 0 Å². The Labute approximate surface area is 121 Å². The lowest BCUT2D eigenvalue weighted by molar-refractivity contribution is 0.184. The molecule has 0 fully saturated rings. The zero-order valence-electron chi connectivity index (χ0n) is 10.5. The third-order valence-electron chi connectivity index (χ3n) is 2.72. The Bertz CT molecular complexity index is 524. The first kappa shape index (κ1) is 14.3. The van der Waals surface area contributed by atoms with Crippen molar-refractivity contribution in [2.75, 3.05) is 0 Å². The Morgan fingerprint density at radius 3 is 2.42 bits per heavy atom. The van der Waals surface area contributed by atoms with E-state index in [4.69, 9.17) is 27.2 Å². The van der Waals surface area contributed by atoms with E-state index in [1.807, 2.05) is 43.3 Å². The molecule has 2 aromatic rings. The Balaban J connectivity index is 2.16. The summed E-state index contributed by atoms with van der Waals surface area (Å²) in [7, 11) is 0. The van der Waals surface area contributed by atoms with E-state index < -0.39 is 0 Å². The summed E-state index contributed by atoms with van der Waals surface area (Å²) in [6.07, 6.45) is -0.225. The molecule has 0 amide bonds. The summed E-state index contributed by atoms with van der Waals surface area (Å²) in [6.45, 7) is 1.93. The molecule has 3 nitrogen and oxygen atoms in total. The lowest BCUT2D eigenvalue weighted by Crippen LogP contribution is -2.28. The van der Waals surface area contributed by atoms with Crippen LogP contribution in [0.15, 0.2) is 36.4 Å². The monoisotopic (exact) mass is 297 g/mol. The van der Waals surface area contributed by atoms with E-state index in [0.717, 1.165) is 20.5 Å². The second-order valence-electron chi connectivity index (χ2n) is 4.34. The second-order valence-corrected chi connectivity index (χ2v) is 6.09. The third kappa shape index (κ3) is 3.70. The predicted octanol–water partition coefficient (Wildman–Crippen LogP) is 3.36. The molecule has 102 valence electrons. The van der Waals surface area contributed by atoms with Crippen LogP contribution in [0.1, 0.15) is 23.5 Å². The summed E-state index contributed by atoms with van der Waals surface area (Å²) in [5.41, 5.74) is 6.83. The van der Waals surface area contributed by atoms with E-state index in [9.17, 15) is 0 Å². The summed E-state index contributed by atoms with van der Waals surface area (Å²) in [4.78, 5) is 1.01. The van der Waals surface area contributed by atoms with Crippen molar-refractivity contribution in [1.82, 2.24) is 0 Å². The molecule has 19 heavy (non-hydrogen) atoms. The molecule has 1 heterocycles. The van der Waals surface area contributed by atoms with Crippen molar-refractivity contribution in [2.24, 2.45) is 5.73 Å². The van der Waals surface area contributed by atoms with Crippen LogP contribution in [0.3, 0.4) is 0 Å². The molecule has 0 aliphatic heterocycles. The molecule has 0 bridgehead atoms. The molecule has 0 aliphatic rings. The van der Waals surface area contributed by atoms with Gasteiger partial charge in [-0.05, 0) is 36.8 Å². The van der Waals surface area contributed by atoms with Gasteiger partial charge in [-0.1, -0.05) is 23.7 Å². The zero-order valence-corrected chi connectivity index (χ0v) is 12.1. The van der Waals surface area contributed by atoms with Gasteiger partial charge in [0.15, 0.2) is 0 Å². The fraction of sp³-hybridized carbons (Fsp3) is 0.286. The van der Waals surface area contributed by atoms with Crippen LogP contribution in [-0.4, -0.2) is 11.1 Å². The molecule has 2 unspecified atom stereocenters. The molecule has 5 heteroatoms. The summed E-state index contributed by atoms with van der Waals surface area (Å²) in [6, 6.07) is 10.9. The van der Waals surface area contributed by atoms with Gasteiger partial charge in [0.05, 0.1) is 10.9 Å². The maximum absolute atomic E-state index is 9.01. The molecule has 0 radical (unpaired) electrons. The molecular weight excluding hydrogens is 282 g/mol. The quantitative estimate of drug-likeness (QED) is 0.890. The molecule has 2 atom stereocenters. The molecule has 1 aromatic heterocycles. The molecule has 0 saturated carbocycles. The maximum atomic E-state index is 9.01. The number of thiophene rings is 1. The van der Waals surface area contributed by atoms with Crippen LogP contribution in [0.2, 0.25) is 4.34 Å². The van der Waals surface area contributed by atoms with E-state index in [0.29, 0.717) is 0 Å². The number of rotatable bonds is 5. The van der Waals surface area contributed by atoms with Crippen molar-refractivity contribution in [3.05, 3.63) is 51.2 Å². The van der Waals surface area contributed by atoms with Crippen molar-refractivity contribution in [2.45, 2.75) is 25.7 Å². The van der Waals surface area contributed by atoms with Gasteiger partial charge < -0.3 is 15.6 Å². The van der Waals surface area contributed by atoms with Gasteiger partial charge in [-0.2, -0.15) is 0 Å². The molecule has 3 N–H and O–H groups in total. The van der Waals surface area contributed by atoms with Crippen LogP contribution < -0.4 is 10.5 Å². The largest absolute Gasteiger partial charge is 0.483 e. The SMILES string of the molecule is CC(N)C(Oc1ccc(CO)cc1)c1ccc(Cl)s1. The van der Waals surface area contributed by atoms with Crippen LogP contribution >= 0.6 is 22.9 Å². The van der Waals surface area contributed by atoms with Gasteiger partial charge >= 0.3 is 0 Å². The standard InChI is InChI=1S/C14H16ClNO2S/c1-9(16)14(12-6-7-13(15)19-12)18-11-4-2-10(8-17)3-5-11/h2-7,9,14,17H,8,16H2,1H3. The van der Waals surface area contributed by atoms with Crippen molar-refractivity contribution >= 4 is 22.9 Å². The van der Waals surface area contributed by atoms with Gasteiger partial charge in [-0.3, -0.25) is 0 Å². The zero-order chi connectivity index (χ0) is 13.8. The van der Waals surface area contributed by atoms with Crippen LogP contribution in [0.4, 0.5) is 0 Å². The maximum Gasteiger partial charge on any atom is 0.148 e. The van der Waals surface area contributed by atoms with E-state index in [-0.39, 0.29) is 18.8 Å². The highest BCUT2D eigenvalue weighted by Gasteiger charge is 2.20. The first-order valence-corrected chi connectivity index (χ1v) is 7.17. The average Bonchev–Trinajstić information content (AvgIpc) is 2.82. The number of aliphatic hydroxyl groups is 1. The highest BCUT2D eigenvalue weighted by atomic mass is 35.5. The van der Waals surface area contributed by atoms with Crippen LogP contribution in [0, 0.1) is 0 Å². The Morgan fingerprint density at radius 1 is 1.26 bits per heavy atom. The Hall–Kier alpha value is -1.07. The highest BCUT2D eigenvalue weighted by molar-refractivity contribution is 7.16. The second kappa shape index (κ2) is 6.39. The molecule has 0 spiro atoms. The molecule has 2 rings (SSSR count). The van der Waals surface area contributed by atoms with Crippen molar-refractivity contribution in [3.8, 4) is 5.75 Å². The smallest absolute Gasteiger partial charge is 0.148 e. The number of hydrogen-bond acceptors (Lipinski definition) is 4. The average molecular weight is 298 g/mol. The fourth-order valence-electron chi connectivity index (χ4n) is 1.73. The summed E-state index contributed by atoms with van der Waals surface area (Å²) in [5, 5.41) is 9.01. The normalized spacial score (nSPS) is 14.1. The number of benzene rings is 1. The number of aliphatic hydroxyl groups excluding tert-OH is 1. The van der Waals surface area contributed by atoms with Crippen LogP contribution in [-0.2, 0) is 6.61 Å². The van der Waals surface area contributed by atoms with Gasteiger partial charge in [0.25, 0.3) is 0 Å². The van der Waals surface area contributed by atoms with Gasteiger partial charge in [-0.25, -0.2) is 0 Å². The van der Waals surface area contributed by atoms with E-state index in [1.54, 1.807) is 0 Å². The molecule has 0 saturated heterocycles. The topological polar surface area (TPSA) is 55.5 Å². The van der Waals surface area contributed by atoms with Crippen molar-refractivity contribution in [3.63, 3.8) is 0 Å². The van der Waals surface area contributed by atoms with E-state index in [2.05, 4.69) is 0 Å². The Kier molecular flexibility index (Phi) is 4.82. The third-order valence-corrected chi connectivity index (χ3v) is 4.01. The first-order chi connectivity index (χ1) is 9.10. The van der Waals surface area contributed by atoms with Crippen molar-refractivity contribution in [1.29, 1.82) is 0 Å². The van der Waals surface area contributed by atoms with E-state index in [1.165, 1.54) is 11.3 Å². The fourth-order valence-corrected chi connectivity index (χ4v) is 2.93. The highest BCUT2D eigenvalue weighted by Crippen LogP contribution is 2.31. The minimum absolute atomic E-state index is 0.0253. The number of halogens is 1. The predicted molar refractivity (Wildman–Crippen MR) is 78.7 cm³/mol. The van der Waals surface area contributed by atoms with Gasteiger partial charge in [0.1, 0.15) is 11.9 Å². The number of ether oxygens (including phenoxy) is 1. The Morgan fingerprint density at radius 2 is 1.95 bits per heavy atom. The van der Waals surface area contributed by atoms with Gasteiger partial charge in [0, 0.05) is 10.9 Å². The lowest BCUT2D eigenvalue weighted by Gasteiger charge is -2.21. The molecule has 0 aliphatic carbocycles. The minimum Gasteiger partial charge on any atom is -0.483 e. The first-order valence-electron chi connectivity index (χ1n) is 5.97. The van der Waals surface area contributed by atoms with Gasteiger partial charge in [-0.15, -0.1) is 11.3 Å². The summed E-state index contributed by atoms with van der Waals surface area (Å²) < 4.78 is 6.64. The molecular formula is C14H16ClNO2S. The minimum atomic E-state index is -0.225. The number of hydrogen-bond donors (Lipinski definition) is 2. The van der Waals surface area contributed by atoms with Crippen LogP contribution in [0.25, 0.3) is 0 Å². The summed E-state index contributed by atoms with van der Waals surface area (Å²) in [5.74, 6) is 0.726. The van der Waals surface area contributed by atoms with Crippen molar-refractivity contribution < 1.29 is 9.84 Å².